The summed E-state index contributed by atoms with van der Waals surface area (Å²) in [7, 11) is 0. The summed E-state index contributed by atoms with van der Waals surface area (Å²) in [5, 5.41) is 13.0. The van der Waals surface area contributed by atoms with Crippen LogP contribution in [0, 0.1) is 0 Å². The van der Waals surface area contributed by atoms with E-state index in [1.165, 1.54) is 0 Å². The van der Waals surface area contributed by atoms with E-state index in [0.717, 1.165) is 12.0 Å². The SMILES string of the molecule is CCOc1cc(CNC(CC)CO)cc(Cl)c1OCC. The number of hydrogen-bond donors (Lipinski definition) is 2. The van der Waals surface area contributed by atoms with E-state index in [9.17, 15) is 5.11 Å². The molecule has 20 heavy (non-hydrogen) atoms. The standard InChI is InChI=1S/C15H24ClNO3/c1-4-12(10-18)17-9-11-7-13(16)15(20-6-3)14(8-11)19-5-2/h7-8,12,17-18H,4-6,9-10H2,1-3H3. The normalized spacial score (nSPS) is 12.2. The Labute approximate surface area is 126 Å². The van der Waals surface area contributed by atoms with Gasteiger partial charge in [0.1, 0.15) is 0 Å². The van der Waals surface area contributed by atoms with Crippen molar-refractivity contribution < 1.29 is 14.6 Å². The highest BCUT2D eigenvalue weighted by Crippen LogP contribution is 2.36. The number of benzene rings is 1. The Kier molecular flexibility index (Phi) is 7.73. The first-order valence-corrected chi connectivity index (χ1v) is 7.46. The maximum Gasteiger partial charge on any atom is 0.179 e. The van der Waals surface area contributed by atoms with E-state index in [1.807, 2.05) is 32.9 Å². The minimum atomic E-state index is 0.0934. The van der Waals surface area contributed by atoms with E-state index in [0.29, 0.717) is 36.3 Å². The Balaban J connectivity index is 2.87. The van der Waals surface area contributed by atoms with Gasteiger partial charge in [0, 0.05) is 12.6 Å². The Morgan fingerprint density at radius 2 is 1.90 bits per heavy atom. The van der Waals surface area contributed by atoms with Gasteiger partial charge in [0.2, 0.25) is 0 Å². The molecule has 0 spiro atoms. The maximum absolute atomic E-state index is 9.18. The first kappa shape index (κ1) is 17.1. The molecule has 1 aromatic rings. The summed E-state index contributed by atoms with van der Waals surface area (Å²) in [5.74, 6) is 1.25. The topological polar surface area (TPSA) is 50.7 Å². The average molecular weight is 302 g/mol. The molecule has 4 nitrogen and oxygen atoms in total. The van der Waals surface area contributed by atoms with Gasteiger partial charge in [-0.2, -0.15) is 0 Å². The third kappa shape index (κ3) is 4.85. The molecule has 0 aliphatic carbocycles. The van der Waals surface area contributed by atoms with Crippen molar-refractivity contribution in [3.8, 4) is 11.5 Å². The third-order valence-electron chi connectivity index (χ3n) is 2.97. The molecule has 2 N–H and O–H groups in total. The van der Waals surface area contributed by atoms with Crippen LogP contribution in [0.5, 0.6) is 11.5 Å². The lowest BCUT2D eigenvalue weighted by atomic mass is 10.1. The predicted molar refractivity (Wildman–Crippen MR) is 81.8 cm³/mol. The van der Waals surface area contributed by atoms with Gasteiger partial charge >= 0.3 is 0 Å². The molecule has 0 saturated heterocycles. The molecule has 1 rings (SSSR count). The largest absolute Gasteiger partial charge is 0.490 e. The Hall–Kier alpha value is -0.970. The fraction of sp³-hybridized carbons (Fsp3) is 0.600. The van der Waals surface area contributed by atoms with Crippen LogP contribution < -0.4 is 14.8 Å². The number of ether oxygens (including phenoxy) is 2. The van der Waals surface area contributed by atoms with Gasteiger partial charge in [-0.25, -0.2) is 0 Å². The van der Waals surface area contributed by atoms with Gasteiger partial charge in [0.05, 0.1) is 24.8 Å². The van der Waals surface area contributed by atoms with Gasteiger partial charge in [-0.05, 0) is 38.0 Å². The second-order valence-corrected chi connectivity index (χ2v) is 4.85. The summed E-state index contributed by atoms with van der Waals surface area (Å²) in [5.41, 5.74) is 1.01. The van der Waals surface area contributed by atoms with Gasteiger partial charge in [-0.15, -0.1) is 0 Å². The Morgan fingerprint density at radius 1 is 1.20 bits per heavy atom. The van der Waals surface area contributed by atoms with Gasteiger partial charge in [0.25, 0.3) is 0 Å². The number of aliphatic hydroxyl groups excluding tert-OH is 1. The average Bonchev–Trinajstić information content (AvgIpc) is 2.44. The summed E-state index contributed by atoms with van der Waals surface area (Å²) in [6, 6.07) is 3.89. The van der Waals surface area contributed by atoms with Gasteiger partial charge in [0.15, 0.2) is 11.5 Å². The van der Waals surface area contributed by atoms with Crippen LogP contribution >= 0.6 is 11.6 Å². The summed E-state index contributed by atoms with van der Waals surface area (Å²) in [4.78, 5) is 0. The van der Waals surface area contributed by atoms with Gasteiger partial charge in [-0.1, -0.05) is 18.5 Å². The van der Waals surface area contributed by atoms with E-state index in [2.05, 4.69) is 5.32 Å². The quantitative estimate of drug-likeness (QED) is 0.736. The molecule has 0 aromatic heterocycles. The molecule has 1 aromatic carbocycles. The van der Waals surface area contributed by atoms with Crippen molar-refractivity contribution in [2.24, 2.45) is 0 Å². The molecule has 0 bridgehead atoms. The van der Waals surface area contributed by atoms with Crippen LogP contribution in [0.15, 0.2) is 12.1 Å². The molecule has 5 heteroatoms. The minimum absolute atomic E-state index is 0.0934. The van der Waals surface area contributed by atoms with E-state index in [-0.39, 0.29) is 12.6 Å². The number of hydrogen-bond acceptors (Lipinski definition) is 4. The molecule has 0 saturated carbocycles. The summed E-state index contributed by atoms with van der Waals surface area (Å²) in [6.07, 6.45) is 0.875. The molecule has 0 amide bonds. The smallest absolute Gasteiger partial charge is 0.179 e. The van der Waals surface area contributed by atoms with Crippen LogP contribution in [0.4, 0.5) is 0 Å². The molecule has 0 aliphatic rings. The highest BCUT2D eigenvalue weighted by Gasteiger charge is 2.13. The molecule has 0 radical (unpaired) electrons. The zero-order valence-electron chi connectivity index (χ0n) is 12.4. The lowest BCUT2D eigenvalue weighted by Crippen LogP contribution is -2.31. The van der Waals surface area contributed by atoms with Crippen molar-refractivity contribution in [3.63, 3.8) is 0 Å². The molecule has 0 fully saturated rings. The molecule has 1 unspecified atom stereocenters. The molecule has 1 atom stereocenters. The summed E-state index contributed by atoms with van der Waals surface area (Å²) in [6.45, 7) is 7.72. The van der Waals surface area contributed by atoms with Crippen molar-refractivity contribution in [3.05, 3.63) is 22.7 Å². The zero-order chi connectivity index (χ0) is 15.0. The molecule has 0 heterocycles. The molecular formula is C15H24ClNO3. The van der Waals surface area contributed by atoms with Crippen LogP contribution in [0.3, 0.4) is 0 Å². The number of rotatable bonds is 9. The van der Waals surface area contributed by atoms with E-state index < -0.39 is 0 Å². The number of aliphatic hydroxyl groups is 1. The second kappa shape index (κ2) is 9.06. The summed E-state index contributed by atoms with van der Waals surface area (Å²) >= 11 is 6.25. The van der Waals surface area contributed by atoms with Crippen molar-refractivity contribution in [1.29, 1.82) is 0 Å². The zero-order valence-corrected chi connectivity index (χ0v) is 13.2. The summed E-state index contributed by atoms with van der Waals surface area (Å²) < 4.78 is 11.1. The van der Waals surface area contributed by atoms with E-state index >= 15 is 0 Å². The Morgan fingerprint density at radius 3 is 2.45 bits per heavy atom. The van der Waals surface area contributed by atoms with Crippen LogP contribution in [0.2, 0.25) is 5.02 Å². The number of nitrogens with one attached hydrogen (secondary N) is 1. The molecule has 114 valence electrons. The van der Waals surface area contributed by atoms with Crippen LogP contribution in [-0.2, 0) is 6.54 Å². The first-order chi connectivity index (χ1) is 9.65. The highest BCUT2D eigenvalue weighted by molar-refractivity contribution is 6.32. The van der Waals surface area contributed by atoms with E-state index in [4.69, 9.17) is 21.1 Å². The fourth-order valence-electron chi connectivity index (χ4n) is 1.87. The first-order valence-electron chi connectivity index (χ1n) is 7.08. The van der Waals surface area contributed by atoms with Crippen LogP contribution in [-0.4, -0.2) is 31.0 Å². The lowest BCUT2D eigenvalue weighted by molar-refractivity contribution is 0.238. The number of halogens is 1. The highest BCUT2D eigenvalue weighted by atomic mass is 35.5. The molecular weight excluding hydrogens is 278 g/mol. The fourth-order valence-corrected chi connectivity index (χ4v) is 2.16. The van der Waals surface area contributed by atoms with E-state index in [1.54, 1.807) is 0 Å². The second-order valence-electron chi connectivity index (χ2n) is 4.44. The van der Waals surface area contributed by atoms with Gasteiger partial charge < -0.3 is 19.9 Å². The van der Waals surface area contributed by atoms with Gasteiger partial charge in [-0.3, -0.25) is 0 Å². The predicted octanol–water partition coefficient (Wildman–Crippen LogP) is 3.00. The Bertz CT molecular complexity index is 408. The van der Waals surface area contributed by atoms with Crippen molar-refractivity contribution in [2.75, 3.05) is 19.8 Å². The van der Waals surface area contributed by atoms with Crippen molar-refractivity contribution >= 4 is 11.6 Å². The van der Waals surface area contributed by atoms with Crippen LogP contribution in [0.1, 0.15) is 32.8 Å². The monoisotopic (exact) mass is 301 g/mol. The third-order valence-corrected chi connectivity index (χ3v) is 3.25. The maximum atomic E-state index is 9.18. The van der Waals surface area contributed by atoms with Crippen molar-refractivity contribution in [2.45, 2.75) is 39.8 Å². The minimum Gasteiger partial charge on any atom is -0.490 e. The van der Waals surface area contributed by atoms with Crippen molar-refractivity contribution in [1.82, 2.24) is 5.32 Å². The molecule has 0 aliphatic heterocycles. The van der Waals surface area contributed by atoms with Crippen LogP contribution in [0.25, 0.3) is 0 Å². The lowest BCUT2D eigenvalue weighted by Gasteiger charge is -2.17.